The molecule has 6 nitrogen and oxygen atoms in total. The largest absolute Gasteiger partial charge is 0.469 e. The van der Waals surface area contributed by atoms with Gasteiger partial charge in [-0.05, 0) is 43.7 Å². The fourth-order valence-corrected chi connectivity index (χ4v) is 4.38. The zero-order valence-corrected chi connectivity index (χ0v) is 19.6. The SMILES string of the molecule is COC(=O)CC(C)NC(=O)C1CCN(C(=O)C=Cc2ccc(SC)c(Cl)c2Cl)CC1. The van der Waals surface area contributed by atoms with Gasteiger partial charge in [0.05, 0.1) is 23.6 Å². The Hall–Kier alpha value is -1.70. The average Bonchev–Trinajstić information content (AvgIpc) is 2.74. The minimum atomic E-state index is -0.362. The van der Waals surface area contributed by atoms with E-state index in [0.29, 0.717) is 41.5 Å². The molecule has 0 bridgehead atoms. The molecule has 1 aliphatic rings. The van der Waals surface area contributed by atoms with E-state index in [-0.39, 0.29) is 36.2 Å². The first-order valence-corrected chi connectivity index (χ1v) is 11.6. The van der Waals surface area contributed by atoms with E-state index < -0.39 is 0 Å². The smallest absolute Gasteiger partial charge is 0.307 e. The molecule has 2 amide bonds. The van der Waals surface area contributed by atoms with E-state index >= 15 is 0 Å². The molecule has 1 unspecified atom stereocenters. The molecule has 1 fully saturated rings. The van der Waals surface area contributed by atoms with Gasteiger partial charge < -0.3 is 15.0 Å². The third kappa shape index (κ3) is 6.65. The molecule has 1 aliphatic heterocycles. The van der Waals surface area contributed by atoms with Gasteiger partial charge in [-0.2, -0.15) is 0 Å². The number of piperidine rings is 1. The van der Waals surface area contributed by atoms with Gasteiger partial charge in [0.15, 0.2) is 0 Å². The summed E-state index contributed by atoms with van der Waals surface area (Å²) in [5.74, 6) is -0.761. The molecule has 30 heavy (non-hydrogen) atoms. The highest BCUT2D eigenvalue weighted by atomic mass is 35.5. The fourth-order valence-electron chi connectivity index (χ4n) is 3.21. The van der Waals surface area contributed by atoms with Crippen molar-refractivity contribution in [1.29, 1.82) is 0 Å². The topological polar surface area (TPSA) is 75.7 Å². The maximum Gasteiger partial charge on any atom is 0.307 e. The Kier molecular flexibility index (Phi) is 9.52. The van der Waals surface area contributed by atoms with Crippen molar-refractivity contribution in [3.63, 3.8) is 0 Å². The minimum Gasteiger partial charge on any atom is -0.469 e. The van der Waals surface area contributed by atoms with Gasteiger partial charge in [-0.1, -0.05) is 29.3 Å². The van der Waals surface area contributed by atoms with Crippen molar-refractivity contribution in [3.8, 4) is 0 Å². The van der Waals surface area contributed by atoms with Crippen molar-refractivity contribution >= 4 is 58.8 Å². The molecule has 0 aromatic heterocycles. The highest BCUT2D eigenvalue weighted by Crippen LogP contribution is 2.35. The summed E-state index contributed by atoms with van der Waals surface area (Å²) in [4.78, 5) is 38.8. The summed E-state index contributed by atoms with van der Waals surface area (Å²) in [6.45, 7) is 2.75. The van der Waals surface area contributed by atoms with Crippen molar-refractivity contribution < 1.29 is 19.1 Å². The summed E-state index contributed by atoms with van der Waals surface area (Å²) in [7, 11) is 1.32. The van der Waals surface area contributed by atoms with Crippen LogP contribution in [0.2, 0.25) is 10.0 Å². The minimum absolute atomic E-state index is 0.0932. The van der Waals surface area contributed by atoms with Crippen LogP contribution >= 0.6 is 35.0 Å². The second-order valence-electron chi connectivity index (χ2n) is 7.11. The van der Waals surface area contributed by atoms with E-state index in [2.05, 4.69) is 10.1 Å². The molecule has 0 radical (unpaired) electrons. The van der Waals surface area contributed by atoms with Gasteiger partial charge in [-0.3, -0.25) is 14.4 Å². The number of benzene rings is 1. The van der Waals surface area contributed by atoms with Crippen molar-refractivity contribution in [2.45, 2.75) is 37.1 Å². The number of hydrogen-bond donors (Lipinski definition) is 1. The van der Waals surface area contributed by atoms with Crippen LogP contribution in [0.1, 0.15) is 31.7 Å². The summed E-state index contributed by atoms with van der Waals surface area (Å²) in [6.07, 6.45) is 6.34. The first-order chi connectivity index (χ1) is 14.3. The van der Waals surface area contributed by atoms with Gasteiger partial charge in [0, 0.05) is 36.0 Å². The number of methoxy groups -OCH3 is 1. The number of thioether (sulfide) groups is 1. The predicted molar refractivity (Wildman–Crippen MR) is 121 cm³/mol. The summed E-state index contributed by atoms with van der Waals surface area (Å²) < 4.78 is 4.61. The molecule has 0 spiro atoms. The zero-order chi connectivity index (χ0) is 22.3. The van der Waals surface area contributed by atoms with Crippen LogP contribution in [0.4, 0.5) is 0 Å². The fraction of sp³-hybridized carbons (Fsp3) is 0.476. The first kappa shape index (κ1) is 24.6. The summed E-state index contributed by atoms with van der Waals surface area (Å²) in [5.41, 5.74) is 0.682. The van der Waals surface area contributed by atoms with E-state index in [1.165, 1.54) is 24.9 Å². The molecule has 164 valence electrons. The summed E-state index contributed by atoms with van der Waals surface area (Å²) in [5, 5.41) is 3.74. The monoisotopic (exact) mass is 472 g/mol. The predicted octanol–water partition coefficient (Wildman–Crippen LogP) is 4.03. The molecular weight excluding hydrogens is 447 g/mol. The van der Waals surface area contributed by atoms with Crippen molar-refractivity contribution in [2.24, 2.45) is 5.92 Å². The van der Waals surface area contributed by atoms with Gasteiger partial charge in [0.25, 0.3) is 0 Å². The van der Waals surface area contributed by atoms with Crippen LogP contribution in [0.5, 0.6) is 0 Å². The zero-order valence-electron chi connectivity index (χ0n) is 17.2. The number of amides is 2. The number of likely N-dealkylation sites (tertiary alicyclic amines) is 1. The van der Waals surface area contributed by atoms with Gasteiger partial charge >= 0.3 is 5.97 Å². The Bertz CT molecular complexity index is 823. The van der Waals surface area contributed by atoms with Crippen LogP contribution < -0.4 is 5.32 Å². The molecule has 1 atom stereocenters. The second-order valence-corrected chi connectivity index (χ2v) is 8.71. The van der Waals surface area contributed by atoms with Crippen LogP contribution in [0.3, 0.4) is 0 Å². The lowest BCUT2D eigenvalue weighted by Crippen LogP contribution is -2.44. The maximum atomic E-state index is 12.5. The molecule has 1 aromatic carbocycles. The van der Waals surface area contributed by atoms with Gasteiger partial charge in [0.1, 0.15) is 0 Å². The van der Waals surface area contributed by atoms with Crippen LogP contribution in [0.25, 0.3) is 6.08 Å². The quantitative estimate of drug-likeness (QED) is 0.368. The first-order valence-electron chi connectivity index (χ1n) is 9.63. The number of halogens is 2. The molecule has 2 rings (SSSR count). The number of rotatable bonds is 7. The van der Waals surface area contributed by atoms with Crippen molar-refractivity contribution in [2.75, 3.05) is 26.5 Å². The van der Waals surface area contributed by atoms with Gasteiger partial charge in [0.2, 0.25) is 11.8 Å². The summed E-state index contributed by atoms with van der Waals surface area (Å²) in [6, 6.07) is 3.41. The number of hydrogen-bond acceptors (Lipinski definition) is 5. The van der Waals surface area contributed by atoms with E-state index in [4.69, 9.17) is 23.2 Å². The normalized spacial score (nSPS) is 15.8. The van der Waals surface area contributed by atoms with E-state index in [0.717, 1.165) is 4.90 Å². The highest BCUT2D eigenvalue weighted by Gasteiger charge is 2.27. The Morgan fingerprint density at radius 3 is 2.53 bits per heavy atom. The molecule has 1 N–H and O–H groups in total. The highest BCUT2D eigenvalue weighted by molar-refractivity contribution is 7.98. The van der Waals surface area contributed by atoms with E-state index in [9.17, 15) is 14.4 Å². The molecular formula is C21H26Cl2N2O4S. The molecule has 1 aromatic rings. The Labute approximate surface area is 191 Å². The molecule has 0 saturated carbocycles. The molecule has 1 saturated heterocycles. The van der Waals surface area contributed by atoms with Crippen LogP contribution in [-0.2, 0) is 19.1 Å². The molecule has 0 aliphatic carbocycles. The Morgan fingerprint density at radius 2 is 1.93 bits per heavy atom. The van der Waals surface area contributed by atoms with Crippen molar-refractivity contribution in [1.82, 2.24) is 10.2 Å². The Balaban J connectivity index is 1.87. The molecule has 1 heterocycles. The number of esters is 1. The number of nitrogens with zero attached hydrogens (tertiary/aromatic N) is 1. The van der Waals surface area contributed by atoms with Gasteiger partial charge in [-0.15, -0.1) is 11.8 Å². The average molecular weight is 473 g/mol. The van der Waals surface area contributed by atoms with Crippen molar-refractivity contribution in [3.05, 3.63) is 33.8 Å². The second kappa shape index (κ2) is 11.6. The standard InChI is InChI=1S/C21H26Cl2N2O4S/c1-13(12-18(27)29-2)24-21(28)15-8-10-25(11-9-15)17(26)7-5-14-4-6-16(30-3)20(23)19(14)22/h4-7,13,15H,8-12H2,1-3H3,(H,24,28). The maximum absolute atomic E-state index is 12.5. The van der Waals surface area contributed by atoms with Crippen LogP contribution in [0.15, 0.2) is 23.1 Å². The number of ether oxygens (including phenoxy) is 1. The molecule has 9 heteroatoms. The lowest BCUT2D eigenvalue weighted by molar-refractivity contribution is -0.141. The number of carbonyl (C=O) groups is 3. The third-order valence-corrected chi connectivity index (χ3v) is 6.76. The number of nitrogens with one attached hydrogen (secondary N) is 1. The van der Waals surface area contributed by atoms with Crippen LogP contribution in [-0.4, -0.2) is 55.2 Å². The van der Waals surface area contributed by atoms with E-state index in [1.807, 2.05) is 18.4 Å². The van der Waals surface area contributed by atoms with E-state index in [1.54, 1.807) is 17.9 Å². The lowest BCUT2D eigenvalue weighted by atomic mass is 9.95. The Morgan fingerprint density at radius 1 is 1.27 bits per heavy atom. The number of carbonyl (C=O) groups excluding carboxylic acids is 3. The summed E-state index contributed by atoms with van der Waals surface area (Å²) >= 11 is 14.0. The van der Waals surface area contributed by atoms with Gasteiger partial charge in [-0.25, -0.2) is 0 Å². The lowest BCUT2D eigenvalue weighted by Gasteiger charge is -2.31. The third-order valence-electron chi connectivity index (χ3n) is 4.97. The van der Waals surface area contributed by atoms with Crippen LogP contribution in [0, 0.1) is 5.92 Å².